The molecule has 0 aromatic heterocycles. The van der Waals surface area contributed by atoms with Gasteiger partial charge in [-0.3, -0.25) is 9.69 Å². The zero-order valence-electron chi connectivity index (χ0n) is 11.7. The Bertz CT molecular complexity index is 436. The monoisotopic (exact) mass is 278 g/mol. The maximum atomic E-state index is 11.5. The standard InChI is InChI=1S/C15H22N2O3/c1-11(16)14-10-17(7-8-20-14)9-13(15(18)19)12-5-3-2-4-6-12/h2-6,11,13-14H,7-10,16H2,1H3,(H,18,19). The third-order valence-corrected chi connectivity index (χ3v) is 3.70. The molecular formula is C15H22N2O3. The fourth-order valence-corrected chi connectivity index (χ4v) is 2.49. The maximum absolute atomic E-state index is 11.5. The molecule has 3 unspecified atom stereocenters. The Labute approximate surface area is 119 Å². The minimum absolute atomic E-state index is 0.0195. The first-order chi connectivity index (χ1) is 9.58. The van der Waals surface area contributed by atoms with Gasteiger partial charge in [0.1, 0.15) is 0 Å². The number of morpholine rings is 1. The van der Waals surface area contributed by atoms with Crippen molar-refractivity contribution < 1.29 is 14.6 Å². The van der Waals surface area contributed by atoms with E-state index in [1.807, 2.05) is 37.3 Å². The number of nitrogens with two attached hydrogens (primary N) is 1. The van der Waals surface area contributed by atoms with Crippen LogP contribution in [0.25, 0.3) is 0 Å². The molecule has 0 bridgehead atoms. The van der Waals surface area contributed by atoms with Crippen LogP contribution in [-0.4, -0.2) is 54.4 Å². The van der Waals surface area contributed by atoms with E-state index in [0.717, 1.165) is 12.1 Å². The average molecular weight is 278 g/mol. The van der Waals surface area contributed by atoms with Crippen LogP contribution in [0.4, 0.5) is 0 Å². The van der Waals surface area contributed by atoms with Crippen LogP contribution in [0, 0.1) is 0 Å². The number of carboxylic acid groups (broad SMARTS) is 1. The molecule has 0 radical (unpaired) electrons. The number of rotatable bonds is 5. The zero-order chi connectivity index (χ0) is 14.5. The normalized spacial score (nSPS) is 23.2. The van der Waals surface area contributed by atoms with E-state index in [1.165, 1.54) is 0 Å². The molecule has 0 amide bonds. The Morgan fingerprint density at radius 1 is 1.50 bits per heavy atom. The molecule has 1 aliphatic rings. The van der Waals surface area contributed by atoms with Crippen molar-refractivity contribution in [2.24, 2.45) is 5.73 Å². The highest BCUT2D eigenvalue weighted by molar-refractivity contribution is 5.76. The number of carboxylic acids is 1. The first-order valence-electron chi connectivity index (χ1n) is 6.95. The molecule has 1 aromatic rings. The third kappa shape index (κ3) is 3.79. The molecule has 1 fully saturated rings. The molecule has 3 atom stereocenters. The minimum Gasteiger partial charge on any atom is -0.481 e. The molecule has 0 aliphatic carbocycles. The molecule has 2 rings (SSSR count). The molecule has 1 aromatic carbocycles. The number of hydrogen-bond donors (Lipinski definition) is 2. The summed E-state index contributed by atoms with van der Waals surface area (Å²) in [5.74, 6) is -1.30. The first-order valence-corrected chi connectivity index (χ1v) is 6.95. The first kappa shape index (κ1) is 15.0. The van der Waals surface area contributed by atoms with Gasteiger partial charge in [0, 0.05) is 25.7 Å². The van der Waals surface area contributed by atoms with Crippen LogP contribution in [-0.2, 0) is 9.53 Å². The number of benzene rings is 1. The van der Waals surface area contributed by atoms with Crippen molar-refractivity contribution >= 4 is 5.97 Å². The quantitative estimate of drug-likeness (QED) is 0.837. The Kier molecular flexibility index (Phi) is 5.11. The minimum atomic E-state index is -0.792. The molecule has 110 valence electrons. The van der Waals surface area contributed by atoms with Gasteiger partial charge in [-0.05, 0) is 12.5 Å². The highest BCUT2D eigenvalue weighted by atomic mass is 16.5. The molecule has 0 spiro atoms. The molecule has 5 heteroatoms. The van der Waals surface area contributed by atoms with E-state index in [0.29, 0.717) is 19.7 Å². The van der Waals surface area contributed by atoms with E-state index >= 15 is 0 Å². The predicted octanol–water partition coefficient (Wildman–Crippen LogP) is 0.903. The topological polar surface area (TPSA) is 75.8 Å². The van der Waals surface area contributed by atoms with Gasteiger partial charge in [0.25, 0.3) is 0 Å². The van der Waals surface area contributed by atoms with Crippen molar-refractivity contribution in [1.29, 1.82) is 0 Å². The molecule has 0 saturated carbocycles. The SMILES string of the molecule is CC(N)C1CN(CC(C(=O)O)c2ccccc2)CCO1. The largest absolute Gasteiger partial charge is 0.481 e. The van der Waals surface area contributed by atoms with Crippen LogP contribution >= 0.6 is 0 Å². The number of ether oxygens (including phenoxy) is 1. The zero-order valence-corrected chi connectivity index (χ0v) is 11.7. The van der Waals surface area contributed by atoms with Crippen LogP contribution in [0.3, 0.4) is 0 Å². The van der Waals surface area contributed by atoms with E-state index in [1.54, 1.807) is 0 Å². The van der Waals surface area contributed by atoms with Crippen LogP contribution in [0.2, 0.25) is 0 Å². The number of carbonyl (C=O) groups is 1. The number of hydrogen-bond acceptors (Lipinski definition) is 4. The van der Waals surface area contributed by atoms with Crippen LogP contribution in [0.15, 0.2) is 30.3 Å². The summed E-state index contributed by atoms with van der Waals surface area (Å²) in [6.07, 6.45) is -0.0195. The van der Waals surface area contributed by atoms with E-state index in [9.17, 15) is 9.90 Å². The van der Waals surface area contributed by atoms with Gasteiger partial charge in [0.05, 0.1) is 18.6 Å². The lowest BCUT2D eigenvalue weighted by atomic mass is 9.98. The second kappa shape index (κ2) is 6.83. The maximum Gasteiger partial charge on any atom is 0.312 e. The fraction of sp³-hybridized carbons (Fsp3) is 0.533. The highest BCUT2D eigenvalue weighted by Gasteiger charge is 2.28. The average Bonchev–Trinajstić information content (AvgIpc) is 2.45. The van der Waals surface area contributed by atoms with Gasteiger partial charge in [-0.15, -0.1) is 0 Å². The second-order valence-corrected chi connectivity index (χ2v) is 5.33. The summed E-state index contributed by atoms with van der Waals surface area (Å²) in [4.78, 5) is 13.6. The van der Waals surface area contributed by atoms with Crippen molar-refractivity contribution in [3.05, 3.63) is 35.9 Å². The lowest BCUT2D eigenvalue weighted by Gasteiger charge is -2.35. The highest BCUT2D eigenvalue weighted by Crippen LogP contribution is 2.19. The summed E-state index contributed by atoms with van der Waals surface area (Å²) in [7, 11) is 0. The molecule has 1 aliphatic heterocycles. The van der Waals surface area contributed by atoms with Crippen molar-refractivity contribution in [2.75, 3.05) is 26.2 Å². The van der Waals surface area contributed by atoms with Gasteiger partial charge >= 0.3 is 5.97 Å². The molecule has 1 saturated heterocycles. The molecule has 5 nitrogen and oxygen atoms in total. The number of aliphatic carboxylic acids is 1. The molecule has 20 heavy (non-hydrogen) atoms. The van der Waals surface area contributed by atoms with Gasteiger partial charge in [-0.1, -0.05) is 30.3 Å². The van der Waals surface area contributed by atoms with Crippen LogP contribution in [0.5, 0.6) is 0 Å². The van der Waals surface area contributed by atoms with Gasteiger partial charge in [0.15, 0.2) is 0 Å². The van der Waals surface area contributed by atoms with Gasteiger partial charge < -0.3 is 15.6 Å². The molecule has 3 N–H and O–H groups in total. The van der Waals surface area contributed by atoms with Crippen molar-refractivity contribution in [3.63, 3.8) is 0 Å². The lowest BCUT2D eigenvalue weighted by Crippen LogP contribution is -2.50. The molecular weight excluding hydrogens is 256 g/mol. The summed E-state index contributed by atoms with van der Waals surface area (Å²) >= 11 is 0. The predicted molar refractivity (Wildman–Crippen MR) is 76.6 cm³/mol. The third-order valence-electron chi connectivity index (χ3n) is 3.70. The fourth-order valence-electron chi connectivity index (χ4n) is 2.49. The van der Waals surface area contributed by atoms with Crippen molar-refractivity contribution in [3.8, 4) is 0 Å². The van der Waals surface area contributed by atoms with Crippen LogP contribution in [0.1, 0.15) is 18.4 Å². The Morgan fingerprint density at radius 3 is 2.80 bits per heavy atom. The van der Waals surface area contributed by atoms with E-state index < -0.39 is 11.9 Å². The summed E-state index contributed by atoms with van der Waals surface area (Å²) in [6.45, 7) is 4.45. The van der Waals surface area contributed by atoms with Gasteiger partial charge in [-0.25, -0.2) is 0 Å². The summed E-state index contributed by atoms with van der Waals surface area (Å²) < 4.78 is 5.60. The smallest absolute Gasteiger partial charge is 0.312 e. The Morgan fingerprint density at radius 2 is 2.20 bits per heavy atom. The second-order valence-electron chi connectivity index (χ2n) is 5.33. The van der Waals surface area contributed by atoms with Crippen molar-refractivity contribution in [2.45, 2.75) is 25.0 Å². The Hall–Kier alpha value is -1.43. The van der Waals surface area contributed by atoms with Gasteiger partial charge in [0.2, 0.25) is 0 Å². The Balaban J connectivity index is 2.03. The van der Waals surface area contributed by atoms with Gasteiger partial charge in [-0.2, -0.15) is 0 Å². The van der Waals surface area contributed by atoms with Crippen LogP contribution < -0.4 is 5.73 Å². The van der Waals surface area contributed by atoms with E-state index in [2.05, 4.69) is 4.90 Å². The summed E-state index contributed by atoms with van der Waals surface area (Å²) in [5, 5.41) is 9.45. The summed E-state index contributed by atoms with van der Waals surface area (Å²) in [5.41, 5.74) is 6.70. The lowest BCUT2D eigenvalue weighted by molar-refractivity contribution is -0.140. The van der Waals surface area contributed by atoms with Crippen molar-refractivity contribution in [1.82, 2.24) is 4.90 Å². The van der Waals surface area contributed by atoms with E-state index in [-0.39, 0.29) is 12.1 Å². The summed E-state index contributed by atoms with van der Waals surface area (Å²) in [6, 6.07) is 9.32. The molecule has 1 heterocycles. The number of nitrogens with zero attached hydrogens (tertiary/aromatic N) is 1. The van der Waals surface area contributed by atoms with E-state index in [4.69, 9.17) is 10.5 Å².